The highest BCUT2D eigenvalue weighted by atomic mass is 16.6. The normalized spacial score (nSPS) is 17.9. The summed E-state index contributed by atoms with van der Waals surface area (Å²) in [4.78, 5) is 25.5. The molecule has 3 aromatic rings. The van der Waals surface area contributed by atoms with Gasteiger partial charge in [-0.3, -0.25) is 19.7 Å². The van der Waals surface area contributed by atoms with Gasteiger partial charge >= 0.3 is 0 Å². The maximum absolute atomic E-state index is 13.0. The van der Waals surface area contributed by atoms with Crippen LogP contribution in [0.5, 0.6) is 17.2 Å². The Hall–Kier alpha value is -3.65. The fourth-order valence-electron chi connectivity index (χ4n) is 4.50. The van der Waals surface area contributed by atoms with Gasteiger partial charge in [0.05, 0.1) is 5.69 Å². The number of hydrogen-bond acceptors (Lipinski definition) is 7. The van der Waals surface area contributed by atoms with Crippen molar-refractivity contribution in [1.82, 2.24) is 19.8 Å². The monoisotopic (exact) mass is 474 g/mol. The summed E-state index contributed by atoms with van der Waals surface area (Å²) in [7, 11) is 2.06. The highest BCUT2D eigenvalue weighted by molar-refractivity contribution is 5.82. The predicted octanol–water partition coefficient (Wildman–Crippen LogP) is 3.32. The molecule has 182 valence electrons. The Morgan fingerprint density at radius 1 is 1.09 bits per heavy atom. The number of para-hydroxylation sites is 2. The van der Waals surface area contributed by atoms with Crippen LogP contribution in [0.25, 0.3) is 0 Å². The SMILES string of the molecule is CN(Cc1cccc(OC2CCN(C(=O)[C@@H]3COc4ccccc4O3)CC2)c1)Cc1cnccn1. The third kappa shape index (κ3) is 5.89. The van der Waals surface area contributed by atoms with Crippen molar-refractivity contribution in [2.45, 2.75) is 38.1 Å². The Labute approximate surface area is 205 Å². The number of carbonyl (C=O) groups excluding carboxylic acids is 1. The summed E-state index contributed by atoms with van der Waals surface area (Å²) < 4.78 is 17.9. The molecule has 5 rings (SSSR count). The first-order valence-electron chi connectivity index (χ1n) is 12.0. The summed E-state index contributed by atoms with van der Waals surface area (Å²) in [6, 6.07) is 15.7. The van der Waals surface area contributed by atoms with Crippen LogP contribution in [0.4, 0.5) is 0 Å². The molecule has 0 spiro atoms. The number of hydrogen-bond donors (Lipinski definition) is 0. The molecule has 0 unspecified atom stereocenters. The van der Waals surface area contributed by atoms with Crippen LogP contribution in [-0.4, -0.2) is 64.6 Å². The quantitative estimate of drug-likeness (QED) is 0.520. The van der Waals surface area contributed by atoms with E-state index in [4.69, 9.17) is 14.2 Å². The molecule has 0 aliphatic carbocycles. The molecular formula is C27H30N4O4. The summed E-state index contributed by atoms with van der Waals surface area (Å²) in [5, 5.41) is 0. The van der Waals surface area contributed by atoms with Gasteiger partial charge in [0.2, 0.25) is 6.10 Å². The molecule has 3 heterocycles. The number of benzene rings is 2. The lowest BCUT2D eigenvalue weighted by molar-refractivity contribution is -0.143. The van der Waals surface area contributed by atoms with Crippen LogP contribution in [0.15, 0.2) is 67.1 Å². The number of piperidine rings is 1. The molecule has 0 N–H and O–H groups in total. The van der Waals surface area contributed by atoms with Gasteiger partial charge in [-0.1, -0.05) is 24.3 Å². The van der Waals surface area contributed by atoms with Crippen LogP contribution in [0.2, 0.25) is 0 Å². The Bertz CT molecular complexity index is 1130. The maximum atomic E-state index is 13.0. The summed E-state index contributed by atoms with van der Waals surface area (Å²) in [6.45, 7) is 3.04. The van der Waals surface area contributed by atoms with Crippen LogP contribution in [-0.2, 0) is 17.9 Å². The average molecular weight is 475 g/mol. The van der Waals surface area contributed by atoms with E-state index >= 15 is 0 Å². The lowest BCUT2D eigenvalue weighted by atomic mass is 10.1. The lowest BCUT2D eigenvalue weighted by Crippen LogP contribution is -2.50. The number of aromatic nitrogens is 2. The van der Waals surface area contributed by atoms with Gasteiger partial charge in [0.1, 0.15) is 18.5 Å². The molecule has 1 saturated heterocycles. The third-order valence-electron chi connectivity index (χ3n) is 6.24. The summed E-state index contributed by atoms with van der Waals surface area (Å²) in [5.41, 5.74) is 2.12. The van der Waals surface area contributed by atoms with Crippen LogP contribution in [0, 0.1) is 0 Å². The van der Waals surface area contributed by atoms with Crippen LogP contribution < -0.4 is 14.2 Å². The number of nitrogens with zero attached hydrogens (tertiary/aromatic N) is 4. The van der Waals surface area contributed by atoms with Crippen LogP contribution >= 0.6 is 0 Å². The second-order valence-electron chi connectivity index (χ2n) is 9.02. The number of fused-ring (bicyclic) bond motifs is 1. The van der Waals surface area contributed by atoms with Crippen molar-refractivity contribution in [3.63, 3.8) is 0 Å². The molecule has 2 aromatic carbocycles. The first-order chi connectivity index (χ1) is 17.1. The number of rotatable bonds is 7. The fourth-order valence-corrected chi connectivity index (χ4v) is 4.50. The summed E-state index contributed by atoms with van der Waals surface area (Å²) in [5.74, 6) is 2.15. The molecule has 1 amide bonds. The molecule has 0 radical (unpaired) electrons. The molecule has 0 saturated carbocycles. The largest absolute Gasteiger partial charge is 0.490 e. The summed E-state index contributed by atoms with van der Waals surface area (Å²) >= 11 is 0. The Balaban J connectivity index is 1.10. The average Bonchev–Trinajstić information content (AvgIpc) is 2.89. The van der Waals surface area contributed by atoms with Gasteiger partial charge in [-0.05, 0) is 36.9 Å². The molecule has 35 heavy (non-hydrogen) atoms. The second kappa shape index (κ2) is 10.7. The van der Waals surface area contributed by atoms with Crippen molar-refractivity contribution in [1.29, 1.82) is 0 Å². The van der Waals surface area contributed by atoms with E-state index in [1.807, 2.05) is 41.3 Å². The molecule has 1 atom stereocenters. The van der Waals surface area contributed by atoms with Crippen molar-refractivity contribution in [2.75, 3.05) is 26.7 Å². The topological polar surface area (TPSA) is 77.0 Å². The molecule has 8 heteroatoms. The molecule has 2 aliphatic heterocycles. The first kappa shape index (κ1) is 23.1. The van der Waals surface area contributed by atoms with E-state index in [1.165, 1.54) is 5.56 Å². The molecule has 1 aromatic heterocycles. The smallest absolute Gasteiger partial charge is 0.267 e. The van der Waals surface area contributed by atoms with Gasteiger partial charge < -0.3 is 19.1 Å². The van der Waals surface area contributed by atoms with E-state index in [9.17, 15) is 4.79 Å². The molecule has 2 aliphatic rings. The Morgan fingerprint density at radius 3 is 2.71 bits per heavy atom. The zero-order chi connectivity index (χ0) is 24.0. The van der Waals surface area contributed by atoms with E-state index in [0.717, 1.165) is 37.4 Å². The van der Waals surface area contributed by atoms with Crippen LogP contribution in [0.1, 0.15) is 24.1 Å². The van der Waals surface area contributed by atoms with Crippen molar-refractivity contribution in [2.24, 2.45) is 0 Å². The van der Waals surface area contributed by atoms with Crippen molar-refractivity contribution >= 4 is 5.91 Å². The predicted molar refractivity (Wildman–Crippen MR) is 130 cm³/mol. The van der Waals surface area contributed by atoms with Gasteiger partial charge in [0, 0.05) is 57.6 Å². The highest BCUT2D eigenvalue weighted by Gasteiger charge is 2.33. The highest BCUT2D eigenvalue weighted by Crippen LogP contribution is 2.31. The van der Waals surface area contributed by atoms with E-state index < -0.39 is 6.10 Å². The van der Waals surface area contributed by atoms with E-state index in [-0.39, 0.29) is 18.6 Å². The number of ether oxygens (including phenoxy) is 3. The van der Waals surface area contributed by atoms with Gasteiger partial charge in [0.25, 0.3) is 5.91 Å². The second-order valence-corrected chi connectivity index (χ2v) is 9.02. The number of likely N-dealkylation sites (tertiary alicyclic amines) is 1. The zero-order valence-electron chi connectivity index (χ0n) is 19.9. The number of amides is 1. The van der Waals surface area contributed by atoms with E-state index in [2.05, 4.69) is 34.0 Å². The minimum Gasteiger partial charge on any atom is -0.490 e. The summed E-state index contributed by atoms with van der Waals surface area (Å²) in [6.07, 6.45) is 6.24. The Kier molecular flexibility index (Phi) is 7.09. The number of carbonyl (C=O) groups is 1. The Morgan fingerprint density at radius 2 is 1.91 bits per heavy atom. The molecular weight excluding hydrogens is 444 g/mol. The first-order valence-corrected chi connectivity index (χ1v) is 12.0. The van der Waals surface area contributed by atoms with Gasteiger partial charge in [-0.2, -0.15) is 0 Å². The minimum absolute atomic E-state index is 0.0221. The standard InChI is InChI=1S/C27H30N4O4/c1-30(18-21-16-28-11-12-29-21)17-20-5-4-6-23(15-20)34-22-9-13-31(14-10-22)27(32)26-19-33-24-7-2-3-8-25(24)35-26/h2-8,11-12,15-16,22,26H,9-10,13-14,17-19H2,1H3/t26-/m0/s1. The van der Waals surface area contributed by atoms with E-state index in [1.54, 1.807) is 18.6 Å². The van der Waals surface area contributed by atoms with Crippen molar-refractivity contribution in [3.8, 4) is 17.2 Å². The molecule has 1 fully saturated rings. The fraction of sp³-hybridized carbons (Fsp3) is 0.370. The van der Waals surface area contributed by atoms with Gasteiger partial charge in [-0.15, -0.1) is 0 Å². The van der Waals surface area contributed by atoms with E-state index in [0.29, 0.717) is 24.6 Å². The van der Waals surface area contributed by atoms with Gasteiger partial charge in [-0.25, -0.2) is 0 Å². The molecule has 0 bridgehead atoms. The van der Waals surface area contributed by atoms with Gasteiger partial charge in [0.15, 0.2) is 11.5 Å². The van der Waals surface area contributed by atoms with Crippen molar-refractivity contribution < 1.29 is 19.0 Å². The van der Waals surface area contributed by atoms with Crippen LogP contribution in [0.3, 0.4) is 0 Å². The minimum atomic E-state index is -0.599. The maximum Gasteiger partial charge on any atom is 0.267 e. The zero-order valence-corrected chi connectivity index (χ0v) is 19.9. The van der Waals surface area contributed by atoms with Crippen molar-refractivity contribution in [3.05, 3.63) is 78.4 Å². The lowest BCUT2D eigenvalue weighted by Gasteiger charge is -2.35. The third-order valence-corrected chi connectivity index (χ3v) is 6.24. The molecule has 8 nitrogen and oxygen atoms in total.